The Balaban J connectivity index is 1.72. The third kappa shape index (κ3) is 3.06. The van der Waals surface area contributed by atoms with Gasteiger partial charge in [-0.15, -0.1) is 11.8 Å². The number of carbonyl (C=O) groups is 1. The zero-order valence-electron chi connectivity index (χ0n) is 11.0. The van der Waals surface area contributed by atoms with Crippen LogP contribution in [0, 0.1) is 0 Å². The molecule has 1 atom stereocenters. The summed E-state index contributed by atoms with van der Waals surface area (Å²) < 4.78 is 0. The molecule has 1 aromatic rings. The van der Waals surface area contributed by atoms with Crippen molar-refractivity contribution in [3.8, 4) is 0 Å². The van der Waals surface area contributed by atoms with E-state index in [4.69, 9.17) is 5.73 Å². The largest absolute Gasteiger partial charge is 0.399 e. The SMILES string of the molecule is Nc1cccc(CN(C(=O)C2CCCS2)C2CC2)c1. The van der Waals surface area contributed by atoms with Gasteiger partial charge in [0.1, 0.15) is 0 Å². The second-order valence-electron chi connectivity index (χ2n) is 5.44. The molecule has 3 rings (SSSR count). The first-order valence-electron chi connectivity index (χ1n) is 7.00. The lowest BCUT2D eigenvalue weighted by Gasteiger charge is -2.25. The molecule has 1 aliphatic carbocycles. The first-order valence-corrected chi connectivity index (χ1v) is 8.05. The number of thioether (sulfide) groups is 1. The molecule has 0 aromatic heterocycles. The van der Waals surface area contributed by atoms with Crippen LogP contribution in [-0.4, -0.2) is 27.9 Å². The molecule has 1 amide bonds. The van der Waals surface area contributed by atoms with E-state index in [0.717, 1.165) is 36.3 Å². The van der Waals surface area contributed by atoms with Crippen molar-refractivity contribution in [1.82, 2.24) is 4.90 Å². The van der Waals surface area contributed by atoms with Gasteiger partial charge >= 0.3 is 0 Å². The first kappa shape index (κ1) is 12.9. The van der Waals surface area contributed by atoms with Crippen LogP contribution in [0.1, 0.15) is 31.2 Å². The van der Waals surface area contributed by atoms with E-state index >= 15 is 0 Å². The van der Waals surface area contributed by atoms with Crippen molar-refractivity contribution in [2.75, 3.05) is 11.5 Å². The molecule has 2 fully saturated rings. The number of rotatable bonds is 4. The quantitative estimate of drug-likeness (QED) is 0.860. The van der Waals surface area contributed by atoms with Gasteiger partial charge in [-0.05, 0) is 49.1 Å². The zero-order chi connectivity index (χ0) is 13.2. The molecule has 1 saturated heterocycles. The lowest BCUT2D eigenvalue weighted by Crippen LogP contribution is -2.38. The van der Waals surface area contributed by atoms with Crippen LogP contribution in [0.25, 0.3) is 0 Å². The average Bonchev–Trinajstić information content (AvgIpc) is 3.09. The summed E-state index contributed by atoms with van der Waals surface area (Å²) in [6.07, 6.45) is 4.54. The van der Waals surface area contributed by atoms with Gasteiger partial charge in [0, 0.05) is 18.3 Å². The Hall–Kier alpha value is -1.16. The maximum atomic E-state index is 12.6. The lowest BCUT2D eigenvalue weighted by atomic mass is 10.1. The number of hydrogen-bond donors (Lipinski definition) is 1. The summed E-state index contributed by atoms with van der Waals surface area (Å²) in [5.41, 5.74) is 7.73. The average molecular weight is 276 g/mol. The normalized spacial score (nSPS) is 22.4. The molecule has 0 bridgehead atoms. The number of anilines is 1. The van der Waals surface area contributed by atoms with E-state index in [1.807, 2.05) is 30.0 Å². The van der Waals surface area contributed by atoms with Crippen molar-refractivity contribution in [1.29, 1.82) is 0 Å². The van der Waals surface area contributed by atoms with Gasteiger partial charge in [0.2, 0.25) is 5.91 Å². The van der Waals surface area contributed by atoms with Gasteiger partial charge in [0.25, 0.3) is 0 Å². The van der Waals surface area contributed by atoms with Gasteiger partial charge in [-0.2, -0.15) is 0 Å². The zero-order valence-corrected chi connectivity index (χ0v) is 11.9. The predicted octanol–water partition coefficient (Wildman–Crippen LogP) is 2.66. The van der Waals surface area contributed by atoms with Crippen LogP contribution < -0.4 is 5.73 Å². The third-order valence-corrected chi connectivity index (χ3v) is 5.14. The second-order valence-corrected chi connectivity index (χ2v) is 6.75. The molecule has 102 valence electrons. The van der Waals surface area contributed by atoms with E-state index in [9.17, 15) is 4.79 Å². The molecule has 19 heavy (non-hydrogen) atoms. The highest BCUT2D eigenvalue weighted by atomic mass is 32.2. The van der Waals surface area contributed by atoms with E-state index < -0.39 is 0 Å². The van der Waals surface area contributed by atoms with Gasteiger partial charge in [0.05, 0.1) is 5.25 Å². The molecular formula is C15H20N2OS. The van der Waals surface area contributed by atoms with Crippen LogP contribution in [0.15, 0.2) is 24.3 Å². The predicted molar refractivity (Wildman–Crippen MR) is 79.9 cm³/mol. The molecule has 0 radical (unpaired) electrons. The molecular weight excluding hydrogens is 256 g/mol. The molecule has 1 aromatic carbocycles. The van der Waals surface area contributed by atoms with Crippen molar-refractivity contribution in [3.05, 3.63) is 29.8 Å². The van der Waals surface area contributed by atoms with Crippen LogP contribution in [0.5, 0.6) is 0 Å². The molecule has 1 heterocycles. The summed E-state index contributed by atoms with van der Waals surface area (Å²) in [5, 5.41) is 0.196. The van der Waals surface area contributed by atoms with Gasteiger partial charge in [0.15, 0.2) is 0 Å². The molecule has 3 nitrogen and oxygen atoms in total. The molecule has 4 heteroatoms. The Morgan fingerprint density at radius 3 is 2.84 bits per heavy atom. The van der Waals surface area contributed by atoms with Crippen LogP contribution in [-0.2, 0) is 11.3 Å². The fraction of sp³-hybridized carbons (Fsp3) is 0.533. The standard InChI is InChI=1S/C15H20N2OS/c16-12-4-1-3-11(9-12)10-17(13-6-7-13)15(18)14-5-2-8-19-14/h1,3-4,9,13-14H,2,5-8,10,16H2. The fourth-order valence-electron chi connectivity index (χ4n) is 2.62. The van der Waals surface area contributed by atoms with Crippen LogP contribution in [0.4, 0.5) is 5.69 Å². The van der Waals surface area contributed by atoms with Crippen molar-refractivity contribution in [2.24, 2.45) is 0 Å². The smallest absolute Gasteiger partial charge is 0.236 e. The molecule has 2 aliphatic rings. The van der Waals surface area contributed by atoms with E-state index in [1.54, 1.807) is 0 Å². The third-order valence-electron chi connectivity index (χ3n) is 3.78. The highest BCUT2D eigenvalue weighted by molar-refractivity contribution is 8.00. The molecule has 2 N–H and O–H groups in total. The number of nitrogens with two attached hydrogens (primary N) is 1. The minimum absolute atomic E-state index is 0.196. The maximum absolute atomic E-state index is 12.6. The van der Waals surface area contributed by atoms with Crippen molar-refractivity contribution in [3.63, 3.8) is 0 Å². The Kier molecular flexibility index (Phi) is 3.69. The summed E-state index contributed by atoms with van der Waals surface area (Å²) in [7, 11) is 0. The molecule has 1 saturated carbocycles. The Bertz CT molecular complexity index is 467. The van der Waals surface area contributed by atoms with Crippen molar-refractivity contribution >= 4 is 23.4 Å². The van der Waals surface area contributed by atoms with Crippen LogP contribution in [0.2, 0.25) is 0 Å². The van der Waals surface area contributed by atoms with E-state index in [-0.39, 0.29) is 5.25 Å². The number of hydrogen-bond acceptors (Lipinski definition) is 3. The summed E-state index contributed by atoms with van der Waals surface area (Å²) in [4.78, 5) is 14.7. The van der Waals surface area contributed by atoms with Crippen LogP contribution >= 0.6 is 11.8 Å². The van der Waals surface area contributed by atoms with Crippen molar-refractivity contribution in [2.45, 2.75) is 43.5 Å². The van der Waals surface area contributed by atoms with E-state index in [1.165, 1.54) is 6.42 Å². The highest BCUT2D eigenvalue weighted by Gasteiger charge is 2.36. The summed E-state index contributed by atoms with van der Waals surface area (Å²) in [6.45, 7) is 0.714. The lowest BCUT2D eigenvalue weighted by molar-refractivity contribution is -0.131. The number of amides is 1. The Labute approximate surface area is 118 Å². The Morgan fingerprint density at radius 2 is 2.21 bits per heavy atom. The highest BCUT2D eigenvalue weighted by Crippen LogP contribution is 2.34. The van der Waals surface area contributed by atoms with Crippen molar-refractivity contribution < 1.29 is 4.79 Å². The Morgan fingerprint density at radius 1 is 1.37 bits per heavy atom. The number of carbonyl (C=O) groups excluding carboxylic acids is 1. The monoisotopic (exact) mass is 276 g/mol. The number of nitrogens with zero attached hydrogens (tertiary/aromatic N) is 1. The minimum atomic E-state index is 0.196. The molecule has 1 unspecified atom stereocenters. The number of nitrogen functional groups attached to an aromatic ring is 1. The fourth-order valence-corrected chi connectivity index (χ4v) is 3.85. The number of benzene rings is 1. The van der Waals surface area contributed by atoms with Gasteiger partial charge in [-0.25, -0.2) is 0 Å². The first-order chi connectivity index (χ1) is 9.24. The minimum Gasteiger partial charge on any atom is -0.399 e. The summed E-state index contributed by atoms with van der Waals surface area (Å²) >= 11 is 1.82. The topological polar surface area (TPSA) is 46.3 Å². The van der Waals surface area contributed by atoms with Crippen LogP contribution in [0.3, 0.4) is 0 Å². The van der Waals surface area contributed by atoms with Gasteiger partial charge in [-0.1, -0.05) is 12.1 Å². The van der Waals surface area contributed by atoms with Gasteiger partial charge in [-0.3, -0.25) is 4.79 Å². The summed E-state index contributed by atoms with van der Waals surface area (Å²) in [6, 6.07) is 8.35. The maximum Gasteiger partial charge on any atom is 0.236 e. The van der Waals surface area contributed by atoms with E-state index in [0.29, 0.717) is 18.5 Å². The molecule has 1 aliphatic heterocycles. The van der Waals surface area contributed by atoms with Gasteiger partial charge < -0.3 is 10.6 Å². The second kappa shape index (κ2) is 5.45. The molecule has 0 spiro atoms. The van der Waals surface area contributed by atoms with E-state index in [2.05, 4.69) is 11.0 Å². The summed E-state index contributed by atoms with van der Waals surface area (Å²) in [5.74, 6) is 1.47.